The summed E-state index contributed by atoms with van der Waals surface area (Å²) in [5, 5.41) is 3.67. The first kappa shape index (κ1) is 9.97. The Kier molecular flexibility index (Phi) is 3.41. The number of hydrogen-bond acceptors (Lipinski definition) is 1. The van der Waals surface area contributed by atoms with E-state index < -0.39 is 0 Å². The van der Waals surface area contributed by atoms with Gasteiger partial charge < -0.3 is 5.32 Å². The van der Waals surface area contributed by atoms with Gasteiger partial charge in [-0.2, -0.15) is 0 Å². The van der Waals surface area contributed by atoms with Gasteiger partial charge in [-0.15, -0.1) is 0 Å². The zero-order chi connectivity index (χ0) is 9.80. The van der Waals surface area contributed by atoms with Crippen LogP contribution in [0.1, 0.15) is 38.5 Å². The Bertz CT molecular complexity index is 223. The average molecular weight is 191 g/mol. The molecule has 1 nitrogen and oxygen atoms in total. The van der Waals surface area contributed by atoms with Crippen LogP contribution >= 0.6 is 0 Å². The molecule has 0 spiro atoms. The summed E-state index contributed by atoms with van der Waals surface area (Å²) in [4.78, 5) is 0. The van der Waals surface area contributed by atoms with Crippen molar-refractivity contribution in [1.29, 1.82) is 0 Å². The first-order chi connectivity index (χ1) is 6.92. The smallest absolute Gasteiger partial charge is 0.0133 e. The van der Waals surface area contributed by atoms with Crippen LogP contribution < -0.4 is 5.32 Å². The number of hydrogen-bond donors (Lipinski definition) is 1. The van der Waals surface area contributed by atoms with Crippen molar-refractivity contribution in [3.8, 4) is 0 Å². The molecule has 14 heavy (non-hydrogen) atoms. The fourth-order valence-electron chi connectivity index (χ4n) is 2.94. The molecule has 0 radical (unpaired) electrons. The van der Waals surface area contributed by atoms with Gasteiger partial charge in [-0.3, -0.25) is 0 Å². The summed E-state index contributed by atoms with van der Waals surface area (Å²) >= 11 is 0. The lowest BCUT2D eigenvalue weighted by atomic mass is 9.88. The van der Waals surface area contributed by atoms with E-state index in [1.165, 1.54) is 45.1 Å². The lowest BCUT2D eigenvalue weighted by Gasteiger charge is -2.29. The molecule has 2 unspecified atom stereocenters. The molecule has 0 aromatic carbocycles. The summed E-state index contributed by atoms with van der Waals surface area (Å²) in [5.74, 6) is 0.813. The second-order valence-electron chi connectivity index (χ2n) is 4.53. The van der Waals surface area contributed by atoms with Gasteiger partial charge in [0.1, 0.15) is 0 Å². The van der Waals surface area contributed by atoms with Gasteiger partial charge >= 0.3 is 0 Å². The summed E-state index contributed by atoms with van der Waals surface area (Å²) in [5.41, 5.74) is 1.64. The van der Waals surface area contributed by atoms with Crippen LogP contribution in [-0.2, 0) is 0 Å². The van der Waals surface area contributed by atoms with Crippen LogP contribution in [0.25, 0.3) is 0 Å². The molecule has 1 aliphatic heterocycles. The Morgan fingerprint density at radius 2 is 2.14 bits per heavy atom. The van der Waals surface area contributed by atoms with Crippen LogP contribution in [0.5, 0.6) is 0 Å². The second-order valence-corrected chi connectivity index (χ2v) is 4.53. The predicted octanol–water partition coefficient (Wildman–Crippen LogP) is 3.04. The van der Waals surface area contributed by atoms with Crippen LogP contribution in [0.2, 0.25) is 0 Å². The van der Waals surface area contributed by atoms with Gasteiger partial charge in [0.25, 0.3) is 0 Å². The maximum absolute atomic E-state index is 3.81. The van der Waals surface area contributed by atoms with Crippen molar-refractivity contribution in [3.05, 3.63) is 24.3 Å². The fourth-order valence-corrected chi connectivity index (χ4v) is 2.94. The third-order valence-corrected chi connectivity index (χ3v) is 3.62. The molecule has 1 saturated heterocycles. The Labute approximate surface area is 87.3 Å². The summed E-state index contributed by atoms with van der Waals surface area (Å²) in [6.07, 6.45) is 12.4. The second kappa shape index (κ2) is 4.79. The van der Waals surface area contributed by atoms with E-state index in [0.717, 1.165) is 12.0 Å². The van der Waals surface area contributed by atoms with Crippen LogP contribution in [-0.4, -0.2) is 12.6 Å². The summed E-state index contributed by atoms with van der Waals surface area (Å²) < 4.78 is 0. The molecule has 78 valence electrons. The van der Waals surface area contributed by atoms with E-state index in [1.54, 1.807) is 5.57 Å². The van der Waals surface area contributed by atoms with E-state index in [1.807, 2.05) is 6.08 Å². The van der Waals surface area contributed by atoms with E-state index in [-0.39, 0.29) is 0 Å². The summed E-state index contributed by atoms with van der Waals surface area (Å²) in [7, 11) is 0. The van der Waals surface area contributed by atoms with E-state index in [2.05, 4.69) is 18.0 Å². The van der Waals surface area contributed by atoms with Gasteiger partial charge in [-0.05, 0) is 44.6 Å². The molecule has 0 bridgehead atoms. The molecule has 1 N–H and O–H groups in total. The zero-order valence-electron chi connectivity index (χ0n) is 8.97. The van der Waals surface area contributed by atoms with Crippen molar-refractivity contribution in [2.45, 2.75) is 44.6 Å². The van der Waals surface area contributed by atoms with Crippen molar-refractivity contribution in [1.82, 2.24) is 5.32 Å². The average Bonchev–Trinajstić information content (AvgIpc) is 2.68. The van der Waals surface area contributed by atoms with Crippen LogP contribution in [0, 0.1) is 5.92 Å². The van der Waals surface area contributed by atoms with E-state index in [0.29, 0.717) is 0 Å². The molecule has 2 atom stereocenters. The third kappa shape index (κ3) is 2.09. The Morgan fingerprint density at radius 1 is 1.21 bits per heavy atom. The molecule has 2 aliphatic rings. The lowest BCUT2D eigenvalue weighted by molar-refractivity contribution is 0.326. The molecule has 0 aromatic heterocycles. The molecular weight excluding hydrogens is 170 g/mol. The highest BCUT2D eigenvalue weighted by Crippen LogP contribution is 2.35. The molecule has 1 aliphatic carbocycles. The maximum atomic E-state index is 3.81. The number of allylic oxidation sites excluding steroid dienone is 2. The van der Waals surface area contributed by atoms with E-state index in [9.17, 15) is 0 Å². The van der Waals surface area contributed by atoms with Crippen LogP contribution in [0.4, 0.5) is 0 Å². The van der Waals surface area contributed by atoms with Gasteiger partial charge in [0.15, 0.2) is 0 Å². The lowest BCUT2D eigenvalue weighted by Crippen LogP contribution is -2.39. The Balaban J connectivity index is 2.00. The standard InChI is InChI=1S/C13H21N/c1-2-6-11-7-5-8-12(11)13-9-3-4-10-14-13/h2,6,12-14H,1,3-5,7-10H2/b11-6-. The maximum Gasteiger partial charge on any atom is 0.0133 e. The van der Waals surface area contributed by atoms with Gasteiger partial charge in [0.2, 0.25) is 0 Å². The van der Waals surface area contributed by atoms with Crippen molar-refractivity contribution in [3.63, 3.8) is 0 Å². The summed E-state index contributed by atoms with van der Waals surface area (Å²) in [6, 6.07) is 0.762. The van der Waals surface area contributed by atoms with Crippen LogP contribution in [0.3, 0.4) is 0 Å². The highest BCUT2D eigenvalue weighted by Gasteiger charge is 2.29. The first-order valence-electron chi connectivity index (χ1n) is 5.96. The predicted molar refractivity (Wildman–Crippen MR) is 61.3 cm³/mol. The van der Waals surface area contributed by atoms with Crippen molar-refractivity contribution in [2.75, 3.05) is 6.54 Å². The SMILES string of the molecule is C=C/C=C1/CCCC1C1CCCCN1. The van der Waals surface area contributed by atoms with Gasteiger partial charge in [-0.25, -0.2) is 0 Å². The minimum atomic E-state index is 0.762. The third-order valence-electron chi connectivity index (χ3n) is 3.62. The first-order valence-corrected chi connectivity index (χ1v) is 5.96. The fraction of sp³-hybridized carbons (Fsp3) is 0.692. The number of nitrogens with one attached hydrogen (secondary N) is 1. The van der Waals surface area contributed by atoms with Crippen LogP contribution in [0.15, 0.2) is 24.3 Å². The van der Waals surface area contributed by atoms with Crippen molar-refractivity contribution >= 4 is 0 Å². The molecule has 0 aromatic rings. The number of rotatable bonds is 2. The molecule has 1 heteroatoms. The van der Waals surface area contributed by atoms with E-state index >= 15 is 0 Å². The van der Waals surface area contributed by atoms with Gasteiger partial charge in [0, 0.05) is 6.04 Å². The Hall–Kier alpha value is -0.560. The van der Waals surface area contributed by atoms with Crippen molar-refractivity contribution in [2.24, 2.45) is 5.92 Å². The molecular formula is C13H21N. The van der Waals surface area contributed by atoms with E-state index in [4.69, 9.17) is 0 Å². The summed E-state index contributed by atoms with van der Waals surface area (Å²) in [6.45, 7) is 5.03. The Morgan fingerprint density at radius 3 is 2.86 bits per heavy atom. The molecule has 1 saturated carbocycles. The molecule has 1 heterocycles. The quantitative estimate of drug-likeness (QED) is 0.707. The normalized spacial score (nSPS) is 36.1. The molecule has 2 fully saturated rings. The number of piperidine rings is 1. The molecule has 0 amide bonds. The van der Waals surface area contributed by atoms with Crippen molar-refractivity contribution < 1.29 is 0 Å². The van der Waals surface area contributed by atoms with Gasteiger partial charge in [0.05, 0.1) is 0 Å². The highest BCUT2D eigenvalue weighted by atomic mass is 14.9. The minimum absolute atomic E-state index is 0.762. The molecule has 2 rings (SSSR count). The monoisotopic (exact) mass is 191 g/mol. The minimum Gasteiger partial charge on any atom is -0.313 e. The topological polar surface area (TPSA) is 12.0 Å². The largest absolute Gasteiger partial charge is 0.313 e. The van der Waals surface area contributed by atoms with Gasteiger partial charge in [-0.1, -0.05) is 30.7 Å². The zero-order valence-corrected chi connectivity index (χ0v) is 8.97. The highest BCUT2D eigenvalue weighted by molar-refractivity contribution is 5.19.